The van der Waals surface area contributed by atoms with Crippen LogP contribution in [0.1, 0.15) is 10.5 Å². The second-order valence-electron chi connectivity index (χ2n) is 2.93. The zero-order chi connectivity index (χ0) is 10.6. The third-order valence-electron chi connectivity index (χ3n) is 1.81. The van der Waals surface area contributed by atoms with Crippen molar-refractivity contribution in [3.8, 4) is 0 Å². The number of nitrogens with zero attached hydrogens (tertiary/aromatic N) is 2. The number of carbonyl (C=O) groups is 1. The van der Waals surface area contributed by atoms with Gasteiger partial charge in [0.15, 0.2) is 0 Å². The van der Waals surface area contributed by atoms with E-state index in [1.165, 1.54) is 6.07 Å². The molecule has 0 aromatic carbocycles. The summed E-state index contributed by atoms with van der Waals surface area (Å²) in [5, 5.41) is 6.29. The van der Waals surface area contributed by atoms with Crippen LogP contribution in [0.3, 0.4) is 0 Å². The lowest BCUT2D eigenvalue weighted by atomic mass is 10.3. The van der Waals surface area contributed by atoms with Crippen molar-refractivity contribution in [1.29, 1.82) is 0 Å². The highest BCUT2D eigenvalue weighted by molar-refractivity contribution is 7.98. The fraction of sp³-hybridized carbons (Fsp3) is 0.500. The van der Waals surface area contributed by atoms with Crippen LogP contribution < -0.4 is 5.73 Å². The maximum absolute atomic E-state index is 11.7. The quantitative estimate of drug-likeness (QED) is 0.762. The summed E-state index contributed by atoms with van der Waals surface area (Å²) in [5.74, 6) is 1.18. The molecule has 0 fully saturated rings. The number of H-pyrrole nitrogens is 1. The first-order valence-electron chi connectivity index (χ1n) is 4.20. The Kier molecular flexibility index (Phi) is 3.82. The van der Waals surface area contributed by atoms with Crippen molar-refractivity contribution in [2.45, 2.75) is 0 Å². The molecule has 0 aliphatic carbocycles. The number of aromatic amines is 1. The van der Waals surface area contributed by atoms with E-state index in [0.29, 0.717) is 11.5 Å². The minimum Gasteiger partial charge on any atom is -0.382 e. The van der Waals surface area contributed by atoms with Crippen molar-refractivity contribution >= 4 is 23.5 Å². The molecule has 0 atom stereocenters. The number of amides is 1. The fourth-order valence-corrected chi connectivity index (χ4v) is 1.44. The van der Waals surface area contributed by atoms with Gasteiger partial charge in [-0.15, -0.1) is 0 Å². The van der Waals surface area contributed by atoms with Gasteiger partial charge in [-0.25, -0.2) is 0 Å². The summed E-state index contributed by atoms with van der Waals surface area (Å²) in [7, 11) is 1.76. The van der Waals surface area contributed by atoms with Gasteiger partial charge in [-0.2, -0.15) is 16.9 Å². The molecule has 0 saturated heterocycles. The van der Waals surface area contributed by atoms with Gasteiger partial charge in [-0.3, -0.25) is 9.89 Å². The molecule has 78 valence electrons. The zero-order valence-corrected chi connectivity index (χ0v) is 9.10. The highest BCUT2D eigenvalue weighted by Gasteiger charge is 2.13. The van der Waals surface area contributed by atoms with Crippen LogP contribution in [0.2, 0.25) is 0 Å². The van der Waals surface area contributed by atoms with Crippen molar-refractivity contribution in [3.05, 3.63) is 11.8 Å². The number of thioether (sulfide) groups is 1. The normalized spacial score (nSPS) is 10.1. The minimum atomic E-state index is -0.0803. The average molecular weight is 214 g/mol. The van der Waals surface area contributed by atoms with Crippen molar-refractivity contribution in [2.75, 3.05) is 31.3 Å². The van der Waals surface area contributed by atoms with E-state index >= 15 is 0 Å². The monoisotopic (exact) mass is 214 g/mol. The zero-order valence-electron chi connectivity index (χ0n) is 8.28. The third kappa shape index (κ3) is 2.66. The van der Waals surface area contributed by atoms with Gasteiger partial charge in [0, 0.05) is 25.4 Å². The number of rotatable bonds is 4. The number of nitrogens with one attached hydrogen (secondary N) is 1. The predicted molar refractivity (Wildman–Crippen MR) is 58.3 cm³/mol. The van der Waals surface area contributed by atoms with E-state index in [1.807, 2.05) is 6.26 Å². The van der Waals surface area contributed by atoms with Crippen molar-refractivity contribution in [1.82, 2.24) is 15.1 Å². The molecule has 0 aliphatic rings. The minimum absolute atomic E-state index is 0.0803. The molecule has 3 N–H and O–H groups in total. The summed E-state index contributed by atoms with van der Waals surface area (Å²) in [6.07, 6.45) is 2.01. The molecule has 0 bridgehead atoms. The molecule has 14 heavy (non-hydrogen) atoms. The van der Waals surface area contributed by atoms with E-state index in [-0.39, 0.29) is 5.91 Å². The first kappa shape index (κ1) is 10.9. The van der Waals surface area contributed by atoms with Crippen LogP contribution in [-0.4, -0.2) is 46.6 Å². The maximum atomic E-state index is 11.7. The molecular formula is C8H14N4OS. The van der Waals surface area contributed by atoms with Gasteiger partial charge in [0.2, 0.25) is 0 Å². The Bertz CT molecular complexity index is 312. The topological polar surface area (TPSA) is 75.0 Å². The van der Waals surface area contributed by atoms with E-state index in [4.69, 9.17) is 5.73 Å². The van der Waals surface area contributed by atoms with Gasteiger partial charge >= 0.3 is 0 Å². The molecule has 0 radical (unpaired) electrons. The van der Waals surface area contributed by atoms with Crippen LogP contribution in [0.15, 0.2) is 6.07 Å². The van der Waals surface area contributed by atoms with E-state index in [9.17, 15) is 4.79 Å². The Morgan fingerprint density at radius 1 is 1.79 bits per heavy atom. The van der Waals surface area contributed by atoms with Crippen molar-refractivity contribution in [2.24, 2.45) is 0 Å². The molecule has 0 aliphatic heterocycles. The van der Waals surface area contributed by atoms with E-state index in [0.717, 1.165) is 12.3 Å². The smallest absolute Gasteiger partial charge is 0.271 e. The largest absolute Gasteiger partial charge is 0.382 e. The molecule has 1 rings (SSSR count). The summed E-state index contributed by atoms with van der Waals surface area (Å²) in [5.41, 5.74) is 5.84. The van der Waals surface area contributed by atoms with Crippen LogP contribution in [0.5, 0.6) is 0 Å². The molecule has 1 heterocycles. The number of nitrogens with two attached hydrogens (primary N) is 1. The van der Waals surface area contributed by atoms with Crippen LogP contribution in [0, 0.1) is 0 Å². The van der Waals surface area contributed by atoms with Gasteiger partial charge in [0.05, 0.1) is 0 Å². The highest BCUT2D eigenvalue weighted by atomic mass is 32.2. The predicted octanol–water partition coefficient (Wildman–Crippen LogP) is 0.427. The van der Waals surface area contributed by atoms with Gasteiger partial charge in [-0.1, -0.05) is 0 Å². The van der Waals surface area contributed by atoms with E-state index < -0.39 is 0 Å². The van der Waals surface area contributed by atoms with Crippen LogP contribution in [0.4, 0.5) is 5.82 Å². The number of aromatic nitrogens is 2. The van der Waals surface area contributed by atoms with E-state index in [2.05, 4.69) is 10.2 Å². The lowest BCUT2D eigenvalue weighted by Crippen LogP contribution is -2.29. The molecule has 6 heteroatoms. The van der Waals surface area contributed by atoms with Gasteiger partial charge in [0.1, 0.15) is 11.5 Å². The molecule has 5 nitrogen and oxygen atoms in total. The number of nitrogen functional groups attached to an aromatic ring is 1. The van der Waals surface area contributed by atoms with Crippen molar-refractivity contribution < 1.29 is 4.79 Å². The first-order valence-corrected chi connectivity index (χ1v) is 5.60. The summed E-state index contributed by atoms with van der Waals surface area (Å²) in [6, 6.07) is 1.54. The molecular weight excluding hydrogens is 200 g/mol. The molecule has 0 spiro atoms. The number of hydrogen-bond donors (Lipinski definition) is 2. The lowest BCUT2D eigenvalue weighted by Gasteiger charge is -2.14. The van der Waals surface area contributed by atoms with Crippen molar-refractivity contribution in [3.63, 3.8) is 0 Å². The van der Waals surface area contributed by atoms with Gasteiger partial charge < -0.3 is 10.6 Å². The standard InChI is InChI=1S/C8H14N4OS/c1-12(3-4-14-2)8(13)6-5-7(9)11-10-6/h5H,3-4H2,1-2H3,(H3,9,10,11). The third-order valence-corrected chi connectivity index (χ3v) is 2.40. The molecule has 0 unspecified atom stereocenters. The summed E-state index contributed by atoms with van der Waals surface area (Å²) in [4.78, 5) is 13.3. The lowest BCUT2D eigenvalue weighted by molar-refractivity contribution is 0.0798. The molecule has 1 amide bonds. The SMILES string of the molecule is CSCCN(C)C(=O)c1cc(N)n[nH]1. The summed E-state index contributed by atoms with van der Waals surface area (Å²) in [6.45, 7) is 0.721. The Morgan fingerprint density at radius 3 is 3.00 bits per heavy atom. The van der Waals surface area contributed by atoms with Gasteiger partial charge in [-0.05, 0) is 6.26 Å². The molecule has 0 saturated carbocycles. The fourth-order valence-electron chi connectivity index (χ4n) is 0.982. The molecule has 1 aromatic heterocycles. The Labute approximate surface area is 87.0 Å². The Hall–Kier alpha value is -1.17. The number of carbonyl (C=O) groups excluding carboxylic acids is 1. The summed E-state index contributed by atoms with van der Waals surface area (Å²) >= 11 is 1.70. The number of anilines is 1. The second-order valence-corrected chi connectivity index (χ2v) is 3.91. The maximum Gasteiger partial charge on any atom is 0.271 e. The van der Waals surface area contributed by atoms with Crippen LogP contribution in [-0.2, 0) is 0 Å². The van der Waals surface area contributed by atoms with Gasteiger partial charge in [0.25, 0.3) is 5.91 Å². The van der Waals surface area contributed by atoms with Crippen LogP contribution in [0.25, 0.3) is 0 Å². The molecule has 1 aromatic rings. The van der Waals surface area contributed by atoms with Crippen LogP contribution >= 0.6 is 11.8 Å². The average Bonchev–Trinajstić information content (AvgIpc) is 2.60. The van der Waals surface area contributed by atoms with E-state index in [1.54, 1.807) is 23.7 Å². The highest BCUT2D eigenvalue weighted by Crippen LogP contribution is 2.04. The first-order chi connectivity index (χ1) is 6.65. The summed E-state index contributed by atoms with van der Waals surface area (Å²) < 4.78 is 0. The Morgan fingerprint density at radius 2 is 2.50 bits per heavy atom. The number of hydrogen-bond acceptors (Lipinski definition) is 4. The second kappa shape index (κ2) is 4.90. The Balaban J connectivity index is 2.56.